The number of esters is 1. The van der Waals surface area contributed by atoms with Crippen LogP contribution in [0.15, 0.2) is 28.4 Å². The van der Waals surface area contributed by atoms with Crippen molar-refractivity contribution in [3.05, 3.63) is 23.3 Å². The number of urea groups is 1. The Morgan fingerprint density at radius 1 is 1.55 bits per heavy atom. The molecule has 1 aliphatic heterocycles. The predicted octanol–water partition coefficient (Wildman–Crippen LogP) is 1.87. The Labute approximate surface area is 129 Å². The van der Waals surface area contributed by atoms with Crippen molar-refractivity contribution >= 4 is 17.7 Å². The first-order chi connectivity index (χ1) is 10.3. The Hall–Kier alpha value is -2.11. The maximum Gasteiger partial charge on any atom is 0.332 e. The molecule has 0 unspecified atom stereocenters. The number of nitrogens with one attached hydrogen (secondary N) is 1. The fraction of sp³-hybridized carbons (Fsp3) is 0.562. The second kappa shape index (κ2) is 4.97. The van der Waals surface area contributed by atoms with Gasteiger partial charge in [0, 0.05) is 11.3 Å². The monoisotopic (exact) mass is 303 g/mol. The van der Waals surface area contributed by atoms with Gasteiger partial charge in [-0.05, 0) is 37.0 Å². The van der Waals surface area contributed by atoms with Crippen LogP contribution in [0.5, 0.6) is 0 Å². The van der Waals surface area contributed by atoms with E-state index in [0.717, 1.165) is 24.0 Å². The normalized spacial score (nSPS) is 38.6. The summed E-state index contributed by atoms with van der Waals surface area (Å²) in [7, 11) is 0. The van der Waals surface area contributed by atoms with Crippen molar-refractivity contribution in [2.45, 2.75) is 39.7 Å². The Kier molecular flexibility index (Phi) is 3.34. The Morgan fingerprint density at radius 2 is 2.27 bits per heavy atom. The van der Waals surface area contributed by atoms with Gasteiger partial charge in [0.1, 0.15) is 6.10 Å². The van der Waals surface area contributed by atoms with Gasteiger partial charge in [0.05, 0.1) is 11.6 Å². The highest BCUT2D eigenvalue weighted by Crippen LogP contribution is 2.53. The molecule has 3 aliphatic rings. The fourth-order valence-electron chi connectivity index (χ4n) is 3.93. The minimum Gasteiger partial charge on any atom is -0.457 e. The molecule has 0 aromatic carbocycles. The van der Waals surface area contributed by atoms with E-state index in [2.05, 4.69) is 23.5 Å². The number of hydrazone groups is 1. The van der Waals surface area contributed by atoms with Crippen LogP contribution in [0.2, 0.25) is 0 Å². The van der Waals surface area contributed by atoms with Gasteiger partial charge in [0.15, 0.2) is 0 Å². The van der Waals surface area contributed by atoms with Gasteiger partial charge >= 0.3 is 12.0 Å². The van der Waals surface area contributed by atoms with Gasteiger partial charge in [-0.25, -0.2) is 10.2 Å². The number of allylic oxidation sites excluding steroid dienone is 3. The average Bonchev–Trinajstić information content (AvgIpc) is 2.72. The number of amides is 2. The van der Waals surface area contributed by atoms with Crippen molar-refractivity contribution in [1.82, 2.24) is 5.43 Å². The lowest BCUT2D eigenvalue weighted by molar-refractivity contribution is -0.143. The number of carbonyl (C=O) groups is 2. The van der Waals surface area contributed by atoms with Crippen LogP contribution in [0.25, 0.3) is 0 Å². The van der Waals surface area contributed by atoms with Crippen LogP contribution in [-0.4, -0.2) is 23.8 Å². The summed E-state index contributed by atoms with van der Waals surface area (Å²) in [4.78, 5) is 22.8. The third-order valence-corrected chi connectivity index (χ3v) is 5.23. The van der Waals surface area contributed by atoms with E-state index in [-0.39, 0.29) is 29.3 Å². The van der Waals surface area contributed by atoms with Crippen LogP contribution in [0.4, 0.5) is 4.79 Å². The summed E-state index contributed by atoms with van der Waals surface area (Å²) in [6.45, 7) is 6.05. The highest BCUT2D eigenvalue weighted by Gasteiger charge is 2.52. The van der Waals surface area contributed by atoms with Gasteiger partial charge in [-0.1, -0.05) is 19.9 Å². The van der Waals surface area contributed by atoms with Crippen LogP contribution in [0.3, 0.4) is 0 Å². The Morgan fingerprint density at radius 3 is 2.95 bits per heavy atom. The van der Waals surface area contributed by atoms with E-state index < -0.39 is 6.03 Å². The minimum atomic E-state index is -0.700. The van der Waals surface area contributed by atoms with Crippen LogP contribution >= 0.6 is 0 Å². The van der Waals surface area contributed by atoms with E-state index in [1.54, 1.807) is 0 Å². The first-order valence-corrected chi connectivity index (χ1v) is 7.58. The zero-order valence-electron chi connectivity index (χ0n) is 13.1. The van der Waals surface area contributed by atoms with Gasteiger partial charge in [-0.2, -0.15) is 5.10 Å². The van der Waals surface area contributed by atoms with Gasteiger partial charge in [-0.15, -0.1) is 0 Å². The fourth-order valence-corrected chi connectivity index (χ4v) is 3.93. The lowest BCUT2D eigenvalue weighted by atomic mass is 9.61. The van der Waals surface area contributed by atoms with E-state index in [9.17, 15) is 9.59 Å². The smallest absolute Gasteiger partial charge is 0.332 e. The maximum absolute atomic E-state index is 12.0. The summed E-state index contributed by atoms with van der Waals surface area (Å²) in [5.74, 6) is 0.0371. The molecule has 0 radical (unpaired) electrons. The quantitative estimate of drug-likeness (QED) is 0.572. The zero-order valence-corrected chi connectivity index (χ0v) is 13.1. The van der Waals surface area contributed by atoms with Crippen molar-refractivity contribution in [1.29, 1.82) is 0 Å². The molecule has 0 spiro atoms. The number of hydrogen-bond donors (Lipinski definition) is 2. The van der Waals surface area contributed by atoms with Crippen molar-refractivity contribution < 1.29 is 14.3 Å². The third-order valence-electron chi connectivity index (χ3n) is 5.23. The first kappa shape index (κ1) is 14.8. The summed E-state index contributed by atoms with van der Waals surface area (Å²) in [6.07, 6.45) is 5.75. The van der Waals surface area contributed by atoms with E-state index in [0.29, 0.717) is 5.71 Å². The van der Waals surface area contributed by atoms with Gasteiger partial charge in [-0.3, -0.25) is 4.79 Å². The lowest BCUT2D eigenvalue weighted by Gasteiger charge is -2.43. The van der Waals surface area contributed by atoms with Crippen LogP contribution in [0.1, 0.15) is 33.6 Å². The number of nitrogens with zero attached hydrogens (tertiary/aromatic N) is 1. The molecule has 22 heavy (non-hydrogen) atoms. The van der Waals surface area contributed by atoms with E-state index >= 15 is 0 Å². The van der Waals surface area contributed by atoms with Gasteiger partial charge in [0.2, 0.25) is 0 Å². The molecule has 0 aromatic heterocycles. The van der Waals surface area contributed by atoms with Crippen molar-refractivity contribution in [2.75, 3.05) is 0 Å². The molecule has 3 N–H and O–H groups in total. The molecule has 2 amide bonds. The molecule has 1 saturated heterocycles. The molecule has 4 atom stereocenters. The first-order valence-electron chi connectivity index (χ1n) is 7.58. The van der Waals surface area contributed by atoms with Crippen LogP contribution in [-0.2, 0) is 9.53 Å². The Bertz CT molecular complexity index is 635. The number of ether oxygens (including phenoxy) is 1. The lowest BCUT2D eigenvalue weighted by Crippen LogP contribution is -2.40. The molecule has 1 heterocycles. The SMILES string of the molecule is CC1=C2[C@H]3OC(=O)[C@@H](C)[C@@H]3CC[C@@]2(C)C=C/C1=N\NC(N)=O. The molecule has 2 fully saturated rings. The molecular formula is C16H21N3O3. The number of hydrogen-bond acceptors (Lipinski definition) is 4. The van der Waals surface area contributed by atoms with Crippen LogP contribution < -0.4 is 11.2 Å². The maximum atomic E-state index is 12.0. The predicted molar refractivity (Wildman–Crippen MR) is 81.9 cm³/mol. The number of fused-ring (bicyclic) bond motifs is 3. The largest absolute Gasteiger partial charge is 0.457 e. The highest BCUT2D eigenvalue weighted by molar-refractivity contribution is 6.10. The van der Waals surface area contributed by atoms with Crippen molar-refractivity contribution in [3.63, 3.8) is 0 Å². The number of primary amides is 1. The molecule has 3 rings (SSSR count). The number of carbonyl (C=O) groups excluding carboxylic acids is 2. The van der Waals surface area contributed by atoms with Crippen molar-refractivity contribution in [2.24, 2.45) is 28.1 Å². The molecule has 1 saturated carbocycles. The van der Waals surface area contributed by atoms with Crippen molar-refractivity contribution in [3.8, 4) is 0 Å². The summed E-state index contributed by atoms with van der Waals surface area (Å²) in [6, 6.07) is -0.700. The number of rotatable bonds is 1. The van der Waals surface area contributed by atoms with E-state index in [4.69, 9.17) is 10.5 Å². The topological polar surface area (TPSA) is 93.8 Å². The summed E-state index contributed by atoms with van der Waals surface area (Å²) in [5, 5.41) is 4.05. The molecule has 6 nitrogen and oxygen atoms in total. The molecular weight excluding hydrogens is 282 g/mol. The van der Waals surface area contributed by atoms with E-state index in [1.165, 1.54) is 0 Å². The third kappa shape index (κ3) is 2.14. The number of nitrogens with two attached hydrogens (primary N) is 1. The molecule has 0 aromatic rings. The summed E-state index contributed by atoms with van der Waals surface area (Å²) < 4.78 is 5.66. The summed E-state index contributed by atoms with van der Waals surface area (Å²) in [5.41, 5.74) is 9.92. The molecule has 2 aliphatic carbocycles. The molecule has 6 heteroatoms. The second-order valence-electron chi connectivity index (χ2n) is 6.61. The van der Waals surface area contributed by atoms with Crippen LogP contribution in [0, 0.1) is 17.3 Å². The zero-order chi connectivity index (χ0) is 16.1. The van der Waals surface area contributed by atoms with Gasteiger partial charge < -0.3 is 10.5 Å². The van der Waals surface area contributed by atoms with E-state index in [1.807, 2.05) is 19.9 Å². The average molecular weight is 303 g/mol. The molecule has 0 bridgehead atoms. The standard InChI is InChI=1S/C16H21N3O3/c1-8-10-4-6-16(3)7-5-11(18-19-15(17)21)9(2)12(16)13(10)22-14(8)20/h5,7-8,10,13H,4,6H2,1-3H3,(H3,17,19,21)/b18-11+/t8-,10-,13-,16-/m0/s1. The molecule has 118 valence electrons. The van der Waals surface area contributed by atoms with Gasteiger partial charge in [0.25, 0.3) is 0 Å². The second-order valence-corrected chi connectivity index (χ2v) is 6.61. The highest BCUT2D eigenvalue weighted by atomic mass is 16.6. The Balaban J connectivity index is 2.02. The summed E-state index contributed by atoms with van der Waals surface area (Å²) >= 11 is 0. The minimum absolute atomic E-state index is 0.0649.